The van der Waals surface area contributed by atoms with E-state index in [-0.39, 0.29) is 0 Å². The molecule has 0 bridgehead atoms. The summed E-state index contributed by atoms with van der Waals surface area (Å²) in [5, 5.41) is 0. The summed E-state index contributed by atoms with van der Waals surface area (Å²) in [7, 11) is 6.65. The van der Waals surface area contributed by atoms with Gasteiger partial charge in [0.15, 0.2) is 0 Å². The lowest BCUT2D eigenvalue weighted by Crippen LogP contribution is -1.96. The molecule has 1 aromatic carbocycles. The molecule has 1 aromatic rings. The van der Waals surface area contributed by atoms with Crippen molar-refractivity contribution < 1.29 is 0 Å². The Morgan fingerprint density at radius 1 is 1.36 bits per heavy atom. The second kappa shape index (κ2) is 3.24. The number of hydrogen-bond donors (Lipinski definition) is 2. The lowest BCUT2D eigenvalue weighted by Gasteiger charge is -2.05. The molecule has 0 heterocycles. The molecule has 0 aromatic heterocycles. The molecule has 1 rings (SSSR count). The summed E-state index contributed by atoms with van der Waals surface area (Å²) in [6, 6.07) is 3.73. The zero-order valence-electron chi connectivity index (χ0n) is 6.10. The predicted molar refractivity (Wildman–Crippen MR) is 51.7 cm³/mol. The van der Waals surface area contributed by atoms with E-state index in [1.54, 1.807) is 0 Å². The van der Waals surface area contributed by atoms with E-state index in [0.717, 1.165) is 21.4 Å². The fraction of sp³-hybridized carbons (Fsp3) is 0.143. The molecular weight excluding hydrogens is 180 g/mol. The van der Waals surface area contributed by atoms with Gasteiger partial charge in [0.2, 0.25) is 0 Å². The number of anilines is 2. The molecule has 0 aliphatic heterocycles. The lowest BCUT2D eigenvalue weighted by molar-refractivity contribution is 1.37. The number of benzene rings is 1. The van der Waals surface area contributed by atoms with E-state index >= 15 is 0 Å². The molecule has 4 heteroatoms. The Morgan fingerprint density at radius 3 is 2.55 bits per heavy atom. The molecule has 0 radical (unpaired) electrons. The van der Waals surface area contributed by atoms with Gasteiger partial charge in [-0.2, -0.15) is 0 Å². The minimum Gasteiger partial charge on any atom is -0.397 e. The number of hydrogen-bond acceptors (Lipinski definition) is 3. The maximum absolute atomic E-state index is 5.63. The molecular formula is C7H9ClN2S. The van der Waals surface area contributed by atoms with Crippen molar-refractivity contribution in [1.29, 1.82) is 0 Å². The van der Waals surface area contributed by atoms with E-state index in [4.69, 9.17) is 22.1 Å². The molecule has 11 heavy (non-hydrogen) atoms. The van der Waals surface area contributed by atoms with Crippen molar-refractivity contribution in [1.82, 2.24) is 0 Å². The van der Waals surface area contributed by atoms with Crippen LogP contribution in [-0.2, 0) is 0 Å². The first-order valence-electron chi connectivity index (χ1n) is 3.09. The highest BCUT2D eigenvalue weighted by atomic mass is 35.7. The van der Waals surface area contributed by atoms with Crippen molar-refractivity contribution in [2.45, 2.75) is 11.8 Å². The smallest absolute Gasteiger partial charge is 0.0698 e. The molecule has 0 aliphatic rings. The Balaban J connectivity index is 3.24. The molecule has 4 N–H and O–H groups in total. The standard InChI is InChI=1S/C7H9ClN2S/c1-4-2-5(9)7(10)6(3-4)11-8/h2-3H,9-10H2,1H3. The summed E-state index contributed by atoms with van der Waals surface area (Å²) in [5.41, 5.74) is 13.5. The highest BCUT2D eigenvalue weighted by Crippen LogP contribution is 2.32. The van der Waals surface area contributed by atoms with Crippen LogP contribution in [0.4, 0.5) is 11.4 Å². The van der Waals surface area contributed by atoms with Gasteiger partial charge in [-0.25, -0.2) is 0 Å². The molecule has 0 aliphatic carbocycles. The first kappa shape index (κ1) is 8.56. The topological polar surface area (TPSA) is 52.0 Å². The highest BCUT2D eigenvalue weighted by molar-refractivity contribution is 8.21. The lowest BCUT2D eigenvalue weighted by atomic mass is 10.2. The number of aryl methyl sites for hydroxylation is 1. The quantitative estimate of drug-likeness (QED) is 0.666. The number of halogens is 1. The van der Waals surface area contributed by atoms with Crippen LogP contribution in [0.1, 0.15) is 5.56 Å². The van der Waals surface area contributed by atoms with Crippen LogP contribution in [0.5, 0.6) is 0 Å². The Bertz CT molecular complexity index is 275. The molecule has 0 spiro atoms. The Morgan fingerprint density at radius 2 is 2.00 bits per heavy atom. The average Bonchev–Trinajstić information content (AvgIpc) is 1.96. The third kappa shape index (κ3) is 1.73. The summed E-state index contributed by atoms with van der Waals surface area (Å²) >= 11 is 0. The van der Waals surface area contributed by atoms with Crippen molar-refractivity contribution in [3.8, 4) is 0 Å². The highest BCUT2D eigenvalue weighted by Gasteiger charge is 2.02. The Labute approximate surface area is 74.4 Å². The predicted octanol–water partition coefficient (Wildman–Crippen LogP) is 2.41. The van der Waals surface area contributed by atoms with Gasteiger partial charge >= 0.3 is 0 Å². The van der Waals surface area contributed by atoms with Crippen LogP contribution < -0.4 is 11.5 Å². The summed E-state index contributed by atoms with van der Waals surface area (Å²) in [6.45, 7) is 1.95. The number of nitrogen functional groups attached to an aromatic ring is 2. The van der Waals surface area contributed by atoms with Crippen LogP contribution >= 0.6 is 21.7 Å². The molecule has 0 atom stereocenters. The van der Waals surface area contributed by atoms with Gasteiger partial charge in [-0.05, 0) is 46.3 Å². The van der Waals surface area contributed by atoms with E-state index in [9.17, 15) is 0 Å². The van der Waals surface area contributed by atoms with Crippen molar-refractivity contribution >= 4 is 33.0 Å². The van der Waals surface area contributed by atoms with Crippen LogP contribution in [0.3, 0.4) is 0 Å². The van der Waals surface area contributed by atoms with Crippen molar-refractivity contribution in [3.05, 3.63) is 17.7 Å². The first-order chi connectivity index (χ1) is 5.15. The van der Waals surface area contributed by atoms with Crippen LogP contribution in [0, 0.1) is 6.92 Å². The number of nitrogens with two attached hydrogens (primary N) is 2. The maximum atomic E-state index is 5.63. The largest absolute Gasteiger partial charge is 0.397 e. The van der Waals surface area contributed by atoms with E-state index in [1.165, 1.54) is 0 Å². The summed E-state index contributed by atoms with van der Waals surface area (Å²) < 4.78 is 0. The van der Waals surface area contributed by atoms with Crippen LogP contribution in [0.2, 0.25) is 0 Å². The average molecular weight is 189 g/mol. The van der Waals surface area contributed by atoms with E-state index in [0.29, 0.717) is 11.4 Å². The second-order valence-electron chi connectivity index (χ2n) is 2.34. The van der Waals surface area contributed by atoms with Crippen molar-refractivity contribution in [2.75, 3.05) is 11.5 Å². The SMILES string of the molecule is Cc1cc(N)c(N)c(SCl)c1. The molecule has 0 fully saturated rings. The van der Waals surface area contributed by atoms with E-state index in [2.05, 4.69) is 0 Å². The van der Waals surface area contributed by atoms with E-state index in [1.807, 2.05) is 19.1 Å². The Kier molecular flexibility index (Phi) is 2.52. The minimum absolute atomic E-state index is 0.565. The molecule has 0 saturated heterocycles. The first-order valence-corrected chi connectivity index (χ1v) is 4.73. The van der Waals surface area contributed by atoms with Crippen LogP contribution in [0.25, 0.3) is 0 Å². The fourth-order valence-corrected chi connectivity index (χ4v) is 1.67. The number of rotatable bonds is 1. The molecule has 0 amide bonds. The third-order valence-electron chi connectivity index (χ3n) is 1.40. The summed E-state index contributed by atoms with van der Waals surface area (Å²) in [5.74, 6) is 0. The van der Waals surface area contributed by atoms with E-state index < -0.39 is 0 Å². The third-order valence-corrected chi connectivity index (χ3v) is 2.40. The van der Waals surface area contributed by atoms with Gasteiger partial charge in [0, 0.05) is 4.90 Å². The van der Waals surface area contributed by atoms with Crippen molar-refractivity contribution in [2.24, 2.45) is 0 Å². The van der Waals surface area contributed by atoms with Gasteiger partial charge in [-0.15, -0.1) is 0 Å². The molecule has 2 nitrogen and oxygen atoms in total. The molecule has 0 saturated carbocycles. The normalized spacial score (nSPS) is 10.0. The monoisotopic (exact) mass is 188 g/mol. The van der Waals surface area contributed by atoms with Gasteiger partial charge in [0.05, 0.1) is 11.4 Å². The van der Waals surface area contributed by atoms with Gasteiger partial charge in [-0.1, -0.05) is 0 Å². The fourth-order valence-electron chi connectivity index (χ4n) is 0.855. The van der Waals surface area contributed by atoms with Gasteiger partial charge in [0.1, 0.15) is 0 Å². The van der Waals surface area contributed by atoms with Gasteiger partial charge < -0.3 is 11.5 Å². The molecule has 60 valence electrons. The van der Waals surface area contributed by atoms with Crippen molar-refractivity contribution in [3.63, 3.8) is 0 Å². The zero-order chi connectivity index (χ0) is 8.43. The van der Waals surface area contributed by atoms with Crippen LogP contribution in [-0.4, -0.2) is 0 Å². The minimum atomic E-state index is 0.565. The maximum Gasteiger partial charge on any atom is 0.0698 e. The second-order valence-corrected chi connectivity index (χ2v) is 3.40. The summed E-state index contributed by atoms with van der Waals surface area (Å²) in [4.78, 5) is 0.823. The van der Waals surface area contributed by atoms with Crippen LogP contribution in [0.15, 0.2) is 17.0 Å². The zero-order valence-corrected chi connectivity index (χ0v) is 7.67. The summed E-state index contributed by atoms with van der Waals surface area (Å²) in [6.07, 6.45) is 0. The van der Waals surface area contributed by atoms with Gasteiger partial charge in [-0.3, -0.25) is 0 Å². The molecule has 0 unspecified atom stereocenters. The Hall–Kier alpha value is -0.540. The van der Waals surface area contributed by atoms with Gasteiger partial charge in [0.25, 0.3) is 0 Å².